The van der Waals surface area contributed by atoms with Crippen LogP contribution in [0.4, 0.5) is 5.13 Å². The minimum absolute atomic E-state index is 0.0258. The molecule has 1 fully saturated rings. The van der Waals surface area contributed by atoms with Crippen molar-refractivity contribution in [1.82, 2.24) is 9.36 Å². The van der Waals surface area contributed by atoms with Gasteiger partial charge in [0.05, 0.1) is 0 Å². The normalized spacial score (nSPS) is 21.3. The summed E-state index contributed by atoms with van der Waals surface area (Å²) in [7, 11) is 0. The van der Waals surface area contributed by atoms with Gasteiger partial charge in [0, 0.05) is 37.0 Å². The minimum atomic E-state index is 0.0258. The van der Waals surface area contributed by atoms with Crippen LogP contribution in [0.15, 0.2) is 5.16 Å². The number of anilines is 1. The molecular formula is C8H11N3O2S2. The predicted molar refractivity (Wildman–Crippen MR) is 59.2 cm³/mol. The van der Waals surface area contributed by atoms with Gasteiger partial charge in [0.2, 0.25) is 16.2 Å². The lowest BCUT2D eigenvalue weighted by atomic mass is 10.1. The largest absolute Gasteiger partial charge is 0.396 e. The molecule has 0 aliphatic carbocycles. The van der Waals surface area contributed by atoms with Crippen molar-refractivity contribution in [3.8, 4) is 0 Å². The van der Waals surface area contributed by atoms with E-state index in [0.717, 1.165) is 0 Å². The van der Waals surface area contributed by atoms with E-state index in [4.69, 9.17) is 5.11 Å². The zero-order chi connectivity index (χ0) is 10.8. The Bertz CT molecular complexity index is 369. The van der Waals surface area contributed by atoms with Crippen molar-refractivity contribution < 1.29 is 9.90 Å². The summed E-state index contributed by atoms with van der Waals surface area (Å²) in [5, 5.41) is 10.3. The van der Waals surface area contributed by atoms with E-state index in [1.54, 1.807) is 4.90 Å². The summed E-state index contributed by atoms with van der Waals surface area (Å²) in [6.07, 6.45) is 2.30. The molecule has 1 aromatic heterocycles. The lowest BCUT2D eigenvalue weighted by Gasteiger charge is -2.10. The Kier molecular flexibility index (Phi) is 3.22. The summed E-state index contributed by atoms with van der Waals surface area (Å²) in [4.78, 5) is 17.4. The average molecular weight is 245 g/mol. The van der Waals surface area contributed by atoms with Crippen LogP contribution in [0.5, 0.6) is 0 Å². The standard InChI is InChI=1S/C8H11N3O2S2/c1-14-7-9-8(15-10-7)11-3-5(4-12)2-6(11)13/h5,12H,2-4H2,1H3. The molecule has 1 aromatic rings. The highest BCUT2D eigenvalue weighted by Gasteiger charge is 2.32. The number of hydrogen-bond donors (Lipinski definition) is 1. The third-order valence-electron chi connectivity index (χ3n) is 2.27. The van der Waals surface area contributed by atoms with Crippen LogP contribution in [-0.4, -0.2) is 39.8 Å². The first-order chi connectivity index (χ1) is 7.24. The fourth-order valence-electron chi connectivity index (χ4n) is 1.48. The van der Waals surface area contributed by atoms with Gasteiger partial charge in [-0.3, -0.25) is 9.69 Å². The topological polar surface area (TPSA) is 66.3 Å². The molecule has 0 bridgehead atoms. The van der Waals surface area contributed by atoms with Gasteiger partial charge in [0.1, 0.15) is 0 Å². The number of aliphatic hydroxyl groups is 1. The van der Waals surface area contributed by atoms with E-state index >= 15 is 0 Å². The second kappa shape index (κ2) is 4.46. The zero-order valence-electron chi connectivity index (χ0n) is 8.21. The van der Waals surface area contributed by atoms with E-state index in [9.17, 15) is 4.79 Å². The molecule has 0 spiro atoms. The molecule has 5 nitrogen and oxygen atoms in total. The monoisotopic (exact) mass is 245 g/mol. The number of thioether (sulfide) groups is 1. The maximum atomic E-state index is 11.6. The highest BCUT2D eigenvalue weighted by atomic mass is 32.2. The highest BCUT2D eigenvalue weighted by Crippen LogP contribution is 2.27. The van der Waals surface area contributed by atoms with Gasteiger partial charge >= 0.3 is 0 Å². The Labute approximate surface area is 95.7 Å². The number of nitrogens with zero attached hydrogens (tertiary/aromatic N) is 3. The molecule has 2 rings (SSSR count). The molecular weight excluding hydrogens is 234 g/mol. The van der Waals surface area contributed by atoms with Crippen molar-refractivity contribution >= 4 is 34.3 Å². The highest BCUT2D eigenvalue weighted by molar-refractivity contribution is 7.98. The number of aromatic nitrogens is 2. The molecule has 2 heterocycles. The molecule has 1 saturated heterocycles. The number of carbonyl (C=O) groups excluding carboxylic acids is 1. The van der Waals surface area contributed by atoms with Gasteiger partial charge in [0.25, 0.3) is 0 Å². The summed E-state index contributed by atoms with van der Waals surface area (Å²) < 4.78 is 4.10. The van der Waals surface area contributed by atoms with Crippen molar-refractivity contribution in [3.05, 3.63) is 0 Å². The van der Waals surface area contributed by atoms with Crippen LogP contribution in [0.1, 0.15) is 6.42 Å². The van der Waals surface area contributed by atoms with E-state index in [0.29, 0.717) is 23.3 Å². The second-order valence-corrected chi connectivity index (χ2v) is 4.82. The van der Waals surface area contributed by atoms with Crippen molar-refractivity contribution in [1.29, 1.82) is 0 Å². The van der Waals surface area contributed by atoms with E-state index in [-0.39, 0.29) is 18.4 Å². The first kappa shape index (κ1) is 10.8. The number of carbonyl (C=O) groups is 1. The number of rotatable bonds is 3. The van der Waals surface area contributed by atoms with Crippen LogP contribution >= 0.6 is 23.3 Å². The summed E-state index contributed by atoms with van der Waals surface area (Å²) >= 11 is 2.69. The number of hydrogen-bond acceptors (Lipinski definition) is 6. The summed E-state index contributed by atoms with van der Waals surface area (Å²) in [5.41, 5.74) is 0. The first-order valence-electron chi connectivity index (χ1n) is 4.53. The molecule has 1 aliphatic heterocycles. The Hall–Kier alpha value is -0.660. The van der Waals surface area contributed by atoms with Gasteiger partial charge in [-0.2, -0.15) is 9.36 Å². The quantitative estimate of drug-likeness (QED) is 0.790. The predicted octanol–water partition coefficient (Wildman–Crippen LogP) is 0.605. The maximum Gasteiger partial charge on any atom is 0.229 e. The SMILES string of the molecule is CSc1nsc(N2CC(CO)CC2=O)n1. The molecule has 1 amide bonds. The van der Waals surface area contributed by atoms with Crippen LogP contribution in [0.3, 0.4) is 0 Å². The molecule has 0 saturated carbocycles. The van der Waals surface area contributed by atoms with Crippen LogP contribution in [0.25, 0.3) is 0 Å². The van der Waals surface area contributed by atoms with Gasteiger partial charge < -0.3 is 5.11 Å². The second-order valence-electron chi connectivity index (χ2n) is 3.32. The van der Waals surface area contributed by atoms with E-state index in [1.165, 1.54) is 23.3 Å². The Balaban J connectivity index is 2.14. The van der Waals surface area contributed by atoms with Crippen LogP contribution < -0.4 is 4.90 Å². The van der Waals surface area contributed by atoms with Gasteiger partial charge in [-0.05, 0) is 6.26 Å². The molecule has 15 heavy (non-hydrogen) atoms. The third kappa shape index (κ3) is 2.14. The summed E-state index contributed by atoms with van der Waals surface area (Å²) in [6, 6.07) is 0. The van der Waals surface area contributed by atoms with Gasteiger partial charge in [-0.25, -0.2) is 0 Å². The lowest BCUT2D eigenvalue weighted by molar-refractivity contribution is -0.117. The van der Waals surface area contributed by atoms with E-state index in [1.807, 2.05) is 6.26 Å². The smallest absolute Gasteiger partial charge is 0.229 e. The number of amides is 1. The van der Waals surface area contributed by atoms with Gasteiger partial charge in [-0.15, -0.1) is 0 Å². The number of aliphatic hydroxyl groups excluding tert-OH is 1. The van der Waals surface area contributed by atoms with Gasteiger partial charge in [-0.1, -0.05) is 11.8 Å². The van der Waals surface area contributed by atoms with Crippen molar-refractivity contribution in [2.24, 2.45) is 5.92 Å². The van der Waals surface area contributed by atoms with Crippen molar-refractivity contribution in [3.63, 3.8) is 0 Å². The molecule has 1 N–H and O–H groups in total. The minimum Gasteiger partial charge on any atom is -0.396 e. The lowest BCUT2D eigenvalue weighted by Crippen LogP contribution is -2.24. The van der Waals surface area contributed by atoms with Crippen molar-refractivity contribution in [2.75, 3.05) is 24.3 Å². The average Bonchev–Trinajstić information content (AvgIpc) is 2.83. The molecule has 1 unspecified atom stereocenters. The molecule has 0 radical (unpaired) electrons. The maximum absolute atomic E-state index is 11.6. The first-order valence-corrected chi connectivity index (χ1v) is 6.53. The molecule has 1 aliphatic rings. The molecule has 0 aromatic carbocycles. The van der Waals surface area contributed by atoms with Crippen LogP contribution in [0, 0.1) is 5.92 Å². The Morgan fingerprint density at radius 2 is 2.53 bits per heavy atom. The van der Waals surface area contributed by atoms with Crippen molar-refractivity contribution in [2.45, 2.75) is 11.6 Å². The van der Waals surface area contributed by atoms with E-state index < -0.39 is 0 Å². The zero-order valence-corrected chi connectivity index (χ0v) is 9.85. The van der Waals surface area contributed by atoms with E-state index in [2.05, 4.69) is 9.36 Å². The van der Waals surface area contributed by atoms with Crippen LogP contribution in [0.2, 0.25) is 0 Å². The summed E-state index contributed by atoms with van der Waals surface area (Å²) in [6.45, 7) is 0.606. The third-order valence-corrected chi connectivity index (χ3v) is 3.68. The fourth-order valence-corrected chi connectivity index (χ4v) is 2.73. The van der Waals surface area contributed by atoms with Gasteiger partial charge in [0.15, 0.2) is 0 Å². The van der Waals surface area contributed by atoms with Crippen LogP contribution in [-0.2, 0) is 4.79 Å². The summed E-state index contributed by atoms with van der Waals surface area (Å²) in [5.74, 6) is 0.0667. The molecule has 7 heteroatoms. The molecule has 1 atom stereocenters. The molecule has 82 valence electrons. The Morgan fingerprint density at radius 3 is 3.07 bits per heavy atom. The Morgan fingerprint density at radius 1 is 1.73 bits per heavy atom. The fraction of sp³-hybridized carbons (Fsp3) is 0.625.